The molecule has 21 heavy (non-hydrogen) atoms. The van der Waals surface area contributed by atoms with Gasteiger partial charge in [0.1, 0.15) is 6.29 Å². The minimum absolute atomic E-state index is 0.601. The summed E-state index contributed by atoms with van der Waals surface area (Å²) in [7, 11) is 1.61. The van der Waals surface area contributed by atoms with Crippen molar-refractivity contribution in [3.63, 3.8) is 0 Å². The first-order valence-electron chi connectivity index (χ1n) is 6.94. The fourth-order valence-electron chi connectivity index (χ4n) is 2.32. The van der Waals surface area contributed by atoms with E-state index in [1.807, 2.05) is 42.5 Å². The van der Waals surface area contributed by atoms with Gasteiger partial charge in [-0.3, -0.25) is 0 Å². The highest BCUT2D eigenvalue weighted by molar-refractivity contribution is 9.09. The van der Waals surface area contributed by atoms with Gasteiger partial charge < -0.3 is 14.3 Å². The van der Waals surface area contributed by atoms with E-state index in [1.54, 1.807) is 7.11 Å². The number of halogens is 1. The van der Waals surface area contributed by atoms with Crippen LogP contribution >= 0.6 is 15.9 Å². The molecule has 1 atom stereocenters. The lowest BCUT2D eigenvalue weighted by Crippen LogP contribution is -2.25. The van der Waals surface area contributed by atoms with Crippen molar-refractivity contribution in [1.82, 2.24) is 0 Å². The molecule has 2 rings (SSSR count). The summed E-state index contributed by atoms with van der Waals surface area (Å²) in [5.41, 5.74) is 0.318. The maximum atomic E-state index is 11.6. The van der Waals surface area contributed by atoms with E-state index in [-0.39, 0.29) is 0 Å². The third-order valence-electron chi connectivity index (χ3n) is 3.54. The van der Waals surface area contributed by atoms with Crippen molar-refractivity contribution in [1.29, 1.82) is 0 Å². The van der Waals surface area contributed by atoms with Crippen LogP contribution in [0.5, 0.6) is 11.5 Å². The number of alkyl halides is 1. The highest BCUT2D eigenvalue weighted by atomic mass is 79.9. The predicted molar refractivity (Wildman–Crippen MR) is 87.5 cm³/mol. The molecule has 4 heteroatoms. The molecule has 1 aliphatic rings. The van der Waals surface area contributed by atoms with E-state index >= 15 is 0 Å². The molecule has 0 N–H and O–H groups in total. The number of hydrogen-bond acceptors (Lipinski definition) is 3. The van der Waals surface area contributed by atoms with E-state index in [0.29, 0.717) is 24.5 Å². The first-order chi connectivity index (χ1) is 10.3. The molecule has 0 radical (unpaired) electrons. The van der Waals surface area contributed by atoms with E-state index in [0.717, 1.165) is 23.6 Å². The Morgan fingerprint density at radius 3 is 2.81 bits per heavy atom. The molecule has 0 saturated carbocycles. The monoisotopic (exact) mass is 350 g/mol. The quantitative estimate of drug-likeness (QED) is 0.426. The third-order valence-corrected chi connectivity index (χ3v) is 4.10. The van der Waals surface area contributed by atoms with Gasteiger partial charge in [0.15, 0.2) is 11.5 Å². The summed E-state index contributed by atoms with van der Waals surface area (Å²) in [6, 6.07) is 5.70. The number of methoxy groups -OCH3 is 1. The van der Waals surface area contributed by atoms with Gasteiger partial charge in [0, 0.05) is 5.33 Å². The Balaban J connectivity index is 2.27. The summed E-state index contributed by atoms with van der Waals surface area (Å²) in [4.78, 5) is 11.6. The smallest absolute Gasteiger partial charge is 0.161 e. The van der Waals surface area contributed by atoms with Crippen molar-refractivity contribution in [2.24, 2.45) is 0 Å². The van der Waals surface area contributed by atoms with Crippen LogP contribution in [0, 0.1) is 0 Å². The van der Waals surface area contributed by atoms with Crippen LogP contribution in [0.25, 0.3) is 0 Å². The first-order valence-corrected chi connectivity index (χ1v) is 8.06. The first kappa shape index (κ1) is 15.8. The summed E-state index contributed by atoms with van der Waals surface area (Å²) in [5, 5.41) is 0.902. The molecule has 0 fully saturated rings. The molecular formula is C17H19BrO3. The molecule has 0 bridgehead atoms. The van der Waals surface area contributed by atoms with Crippen molar-refractivity contribution in [2.45, 2.75) is 18.3 Å². The van der Waals surface area contributed by atoms with Crippen LogP contribution in [0.4, 0.5) is 0 Å². The standard InChI is InChI=1S/C17H19BrO3/c1-20-16-12-14(6-7-15(16)21-11-5-10-18)17(13-19)8-3-2-4-9-17/h2-4,6-8,12-13H,5,9-11H2,1H3. The Labute approximate surface area is 133 Å². The van der Waals surface area contributed by atoms with Crippen LogP contribution in [0.1, 0.15) is 18.4 Å². The molecule has 0 spiro atoms. The van der Waals surface area contributed by atoms with Crippen LogP contribution in [0.15, 0.2) is 42.5 Å². The Morgan fingerprint density at radius 1 is 1.33 bits per heavy atom. The van der Waals surface area contributed by atoms with Gasteiger partial charge in [0.25, 0.3) is 0 Å². The van der Waals surface area contributed by atoms with Crippen molar-refractivity contribution in [3.8, 4) is 11.5 Å². The zero-order valence-electron chi connectivity index (χ0n) is 12.0. The van der Waals surface area contributed by atoms with Crippen LogP contribution < -0.4 is 9.47 Å². The van der Waals surface area contributed by atoms with Gasteiger partial charge in [-0.1, -0.05) is 46.3 Å². The summed E-state index contributed by atoms with van der Waals surface area (Å²) >= 11 is 3.37. The second-order valence-corrected chi connectivity index (χ2v) is 5.70. The summed E-state index contributed by atoms with van der Waals surface area (Å²) < 4.78 is 11.1. The number of carbonyl (C=O) groups is 1. The second-order valence-electron chi connectivity index (χ2n) is 4.91. The van der Waals surface area contributed by atoms with Crippen molar-refractivity contribution < 1.29 is 14.3 Å². The molecule has 112 valence electrons. The SMILES string of the molecule is COc1cc(C2(C=O)C=CC=CC2)ccc1OCCCBr. The lowest BCUT2D eigenvalue weighted by atomic mass is 9.77. The zero-order valence-corrected chi connectivity index (χ0v) is 13.6. The average Bonchev–Trinajstić information content (AvgIpc) is 2.56. The number of allylic oxidation sites excluding steroid dienone is 4. The largest absolute Gasteiger partial charge is 0.493 e. The Hall–Kier alpha value is -1.55. The minimum Gasteiger partial charge on any atom is -0.493 e. The molecule has 1 aromatic rings. The normalized spacial score (nSPS) is 20.3. The molecule has 1 aromatic carbocycles. The lowest BCUT2D eigenvalue weighted by Gasteiger charge is -2.26. The minimum atomic E-state index is -0.601. The maximum absolute atomic E-state index is 11.6. The summed E-state index contributed by atoms with van der Waals surface area (Å²) in [6.45, 7) is 0.627. The number of carbonyl (C=O) groups excluding carboxylic acids is 1. The van der Waals surface area contributed by atoms with Gasteiger partial charge in [-0.15, -0.1) is 0 Å². The summed E-state index contributed by atoms with van der Waals surface area (Å²) in [6.07, 6.45) is 10.4. The molecule has 1 unspecified atom stereocenters. The van der Waals surface area contributed by atoms with Crippen molar-refractivity contribution in [3.05, 3.63) is 48.1 Å². The molecule has 0 aliphatic heterocycles. The molecule has 0 aromatic heterocycles. The third kappa shape index (κ3) is 3.56. The molecule has 0 saturated heterocycles. The molecule has 0 amide bonds. The molecular weight excluding hydrogens is 332 g/mol. The van der Waals surface area contributed by atoms with Gasteiger partial charge >= 0.3 is 0 Å². The maximum Gasteiger partial charge on any atom is 0.161 e. The fraction of sp³-hybridized carbons (Fsp3) is 0.353. The van der Waals surface area contributed by atoms with E-state index in [2.05, 4.69) is 15.9 Å². The number of aldehydes is 1. The molecule has 3 nitrogen and oxygen atoms in total. The fourth-order valence-corrected chi connectivity index (χ4v) is 2.55. The van der Waals surface area contributed by atoms with Gasteiger partial charge in [-0.2, -0.15) is 0 Å². The van der Waals surface area contributed by atoms with Crippen molar-refractivity contribution >= 4 is 22.2 Å². The average molecular weight is 351 g/mol. The van der Waals surface area contributed by atoms with Crippen LogP contribution in [-0.2, 0) is 10.2 Å². The van der Waals surface area contributed by atoms with Crippen LogP contribution in [0.3, 0.4) is 0 Å². The Bertz CT molecular complexity index is 551. The van der Waals surface area contributed by atoms with Crippen molar-refractivity contribution in [2.75, 3.05) is 19.0 Å². The highest BCUT2D eigenvalue weighted by Crippen LogP contribution is 2.36. The van der Waals surface area contributed by atoms with E-state index in [4.69, 9.17) is 9.47 Å². The van der Waals surface area contributed by atoms with E-state index < -0.39 is 5.41 Å². The van der Waals surface area contributed by atoms with E-state index in [9.17, 15) is 4.79 Å². The Morgan fingerprint density at radius 2 is 2.19 bits per heavy atom. The van der Waals surface area contributed by atoms with Crippen LogP contribution in [0.2, 0.25) is 0 Å². The number of ether oxygens (including phenoxy) is 2. The molecule has 1 aliphatic carbocycles. The van der Waals surface area contributed by atoms with Gasteiger partial charge in [-0.05, 0) is 30.5 Å². The zero-order chi connectivity index (χ0) is 15.1. The lowest BCUT2D eigenvalue weighted by molar-refractivity contribution is -0.111. The topological polar surface area (TPSA) is 35.5 Å². The number of hydrogen-bond donors (Lipinski definition) is 0. The number of rotatable bonds is 7. The summed E-state index contributed by atoms with van der Waals surface area (Å²) in [5.74, 6) is 1.37. The number of benzene rings is 1. The highest BCUT2D eigenvalue weighted by Gasteiger charge is 2.29. The Kier molecular flexibility index (Phi) is 5.62. The predicted octanol–water partition coefficient (Wildman–Crippen LogP) is 3.81. The van der Waals surface area contributed by atoms with Gasteiger partial charge in [0.05, 0.1) is 19.1 Å². The molecule has 0 heterocycles. The van der Waals surface area contributed by atoms with Gasteiger partial charge in [-0.25, -0.2) is 0 Å². The van der Waals surface area contributed by atoms with Gasteiger partial charge in [0.2, 0.25) is 0 Å². The second kappa shape index (κ2) is 7.46. The van der Waals surface area contributed by atoms with Crippen LogP contribution in [-0.4, -0.2) is 25.3 Å². The van der Waals surface area contributed by atoms with E-state index in [1.165, 1.54) is 0 Å².